The first-order chi connectivity index (χ1) is 9.60. The van der Waals surface area contributed by atoms with Gasteiger partial charge in [0, 0.05) is 12.1 Å². The number of carbonyl (C=O) groups excluding carboxylic acids is 1. The number of esters is 1. The Labute approximate surface area is 120 Å². The zero-order valence-corrected chi connectivity index (χ0v) is 12.4. The summed E-state index contributed by atoms with van der Waals surface area (Å²) in [5.41, 5.74) is 1.00. The lowest BCUT2D eigenvalue weighted by molar-refractivity contribution is -0.144. The van der Waals surface area contributed by atoms with E-state index >= 15 is 0 Å². The van der Waals surface area contributed by atoms with Crippen molar-refractivity contribution in [1.82, 2.24) is 5.32 Å². The molecule has 1 aromatic rings. The first-order valence-electron chi connectivity index (χ1n) is 6.73. The molecule has 0 aliphatic carbocycles. The van der Waals surface area contributed by atoms with Crippen molar-refractivity contribution in [3.8, 4) is 5.75 Å². The number of hydrogen-bond acceptors (Lipinski definition) is 4. The van der Waals surface area contributed by atoms with Crippen LogP contribution in [0.1, 0.15) is 19.4 Å². The zero-order chi connectivity index (χ0) is 15.0. The van der Waals surface area contributed by atoms with Crippen molar-refractivity contribution in [1.29, 1.82) is 0 Å². The topological polar surface area (TPSA) is 47.6 Å². The van der Waals surface area contributed by atoms with Crippen LogP contribution in [0.2, 0.25) is 0 Å². The van der Waals surface area contributed by atoms with E-state index in [4.69, 9.17) is 9.47 Å². The second-order valence-corrected chi connectivity index (χ2v) is 4.83. The molecule has 4 nitrogen and oxygen atoms in total. The normalized spacial score (nSPS) is 12.0. The predicted octanol–water partition coefficient (Wildman–Crippen LogP) is 2.54. The minimum absolute atomic E-state index is 0.156. The number of ether oxygens (including phenoxy) is 2. The van der Waals surface area contributed by atoms with Crippen molar-refractivity contribution in [2.45, 2.75) is 26.4 Å². The Morgan fingerprint density at radius 2 is 2.10 bits per heavy atom. The largest absolute Gasteiger partial charge is 0.489 e. The number of carbonyl (C=O) groups is 1. The average Bonchev–Trinajstić information content (AvgIpc) is 2.45. The van der Waals surface area contributed by atoms with Crippen LogP contribution in [0.4, 0.5) is 0 Å². The number of benzene rings is 1. The number of para-hydroxylation sites is 1. The number of nitrogens with one attached hydrogen (secondary N) is 1. The molecule has 0 radical (unpaired) electrons. The molecule has 1 atom stereocenters. The molecule has 0 unspecified atom stereocenters. The van der Waals surface area contributed by atoms with E-state index in [1.54, 1.807) is 6.08 Å². The molecule has 0 fully saturated rings. The fourth-order valence-electron chi connectivity index (χ4n) is 1.88. The zero-order valence-electron chi connectivity index (χ0n) is 12.4. The maximum atomic E-state index is 11.7. The molecule has 0 saturated heterocycles. The van der Waals surface area contributed by atoms with Crippen LogP contribution < -0.4 is 10.1 Å². The minimum atomic E-state index is -0.326. The Kier molecular flexibility index (Phi) is 6.81. The summed E-state index contributed by atoms with van der Waals surface area (Å²) in [7, 11) is 1.40. The Bertz CT molecular complexity index is 443. The van der Waals surface area contributed by atoms with Gasteiger partial charge in [-0.15, -0.1) is 0 Å². The number of rotatable bonds is 8. The molecule has 0 amide bonds. The molecule has 0 aliphatic rings. The second-order valence-electron chi connectivity index (χ2n) is 4.83. The first kappa shape index (κ1) is 16.2. The van der Waals surface area contributed by atoms with Crippen molar-refractivity contribution >= 4 is 5.97 Å². The highest BCUT2D eigenvalue weighted by Gasteiger charge is 2.22. The third-order valence-electron chi connectivity index (χ3n) is 2.96. The van der Waals surface area contributed by atoms with Gasteiger partial charge in [0.2, 0.25) is 0 Å². The lowest BCUT2D eigenvalue weighted by Crippen LogP contribution is -2.41. The summed E-state index contributed by atoms with van der Waals surface area (Å²) >= 11 is 0. The Balaban J connectivity index is 2.72. The Morgan fingerprint density at radius 1 is 1.40 bits per heavy atom. The molecule has 1 rings (SSSR count). The van der Waals surface area contributed by atoms with E-state index in [-0.39, 0.29) is 17.9 Å². The molecule has 0 bridgehead atoms. The molecule has 0 aliphatic heterocycles. The summed E-state index contributed by atoms with van der Waals surface area (Å²) in [5.74, 6) is 0.709. The van der Waals surface area contributed by atoms with Crippen LogP contribution in [0.5, 0.6) is 5.75 Å². The third-order valence-corrected chi connectivity index (χ3v) is 2.96. The van der Waals surface area contributed by atoms with E-state index in [1.807, 2.05) is 38.1 Å². The van der Waals surface area contributed by atoms with Gasteiger partial charge in [-0.2, -0.15) is 0 Å². The molecule has 20 heavy (non-hydrogen) atoms. The smallest absolute Gasteiger partial charge is 0.323 e. The van der Waals surface area contributed by atoms with Crippen LogP contribution in [-0.4, -0.2) is 25.7 Å². The van der Waals surface area contributed by atoms with Crippen molar-refractivity contribution in [2.75, 3.05) is 13.7 Å². The highest BCUT2D eigenvalue weighted by molar-refractivity contribution is 5.75. The van der Waals surface area contributed by atoms with Gasteiger partial charge in [0.15, 0.2) is 0 Å². The average molecular weight is 277 g/mol. The molecule has 1 N–H and O–H groups in total. The Hall–Kier alpha value is -1.81. The standard InChI is InChI=1S/C16H23NO3/c1-5-10-20-14-9-7-6-8-13(14)11-17-15(12(2)3)16(18)19-4/h5-9,12,15,17H,1,10-11H2,2-4H3/t15-/m0/s1. The van der Waals surface area contributed by atoms with Crippen LogP contribution in [-0.2, 0) is 16.1 Å². The summed E-state index contributed by atoms with van der Waals surface area (Å²) in [6, 6.07) is 7.42. The van der Waals surface area contributed by atoms with Crippen LogP contribution >= 0.6 is 0 Å². The highest BCUT2D eigenvalue weighted by Crippen LogP contribution is 2.18. The number of hydrogen-bond donors (Lipinski definition) is 1. The lowest BCUT2D eigenvalue weighted by atomic mass is 10.0. The van der Waals surface area contributed by atoms with Gasteiger partial charge in [-0.25, -0.2) is 0 Å². The first-order valence-corrected chi connectivity index (χ1v) is 6.73. The summed E-state index contributed by atoms with van der Waals surface area (Å²) in [6.07, 6.45) is 1.70. The van der Waals surface area contributed by atoms with Gasteiger partial charge in [-0.1, -0.05) is 44.7 Å². The maximum Gasteiger partial charge on any atom is 0.323 e. The highest BCUT2D eigenvalue weighted by atomic mass is 16.5. The molecule has 1 aromatic carbocycles. The monoisotopic (exact) mass is 277 g/mol. The van der Waals surface area contributed by atoms with E-state index in [0.29, 0.717) is 13.2 Å². The van der Waals surface area contributed by atoms with Gasteiger partial charge >= 0.3 is 5.97 Å². The molecule has 0 spiro atoms. The van der Waals surface area contributed by atoms with E-state index in [1.165, 1.54) is 7.11 Å². The number of methoxy groups -OCH3 is 1. The maximum absolute atomic E-state index is 11.7. The van der Waals surface area contributed by atoms with E-state index in [0.717, 1.165) is 11.3 Å². The molecular formula is C16H23NO3. The third kappa shape index (κ3) is 4.70. The summed E-state index contributed by atoms with van der Waals surface area (Å²) < 4.78 is 10.4. The van der Waals surface area contributed by atoms with Crippen LogP contribution in [0.15, 0.2) is 36.9 Å². The van der Waals surface area contributed by atoms with Crippen molar-refractivity contribution in [3.63, 3.8) is 0 Å². The van der Waals surface area contributed by atoms with Gasteiger partial charge < -0.3 is 9.47 Å². The summed E-state index contributed by atoms with van der Waals surface area (Å²) in [6.45, 7) is 8.60. The fourth-order valence-corrected chi connectivity index (χ4v) is 1.88. The summed E-state index contributed by atoms with van der Waals surface area (Å²) in [4.78, 5) is 11.7. The molecule has 110 valence electrons. The van der Waals surface area contributed by atoms with E-state index < -0.39 is 0 Å². The van der Waals surface area contributed by atoms with Crippen LogP contribution in [0.3, 0.4) is 0 Å². The Morgan fingerprint density at radius 3 is 2.70 bits per heavy atom. The fraction of sp³-hybridized carbons (Fsp3) is 0.438. The van der Waals surface area contributed by atoms with Crippen molar-refractivity contribution in [3.05, 3.63) is 42.5 Å². The SMILES string of the molecule is C=CCOc1ccccc1CN[C@H](C(=O)OC)C(C)C. The van der Waals surface area contributed by atoms with E-state index in [9.17, 15) is 4.79 Å². The lowest BCUT2D eigenvalue weighted by Gasteiger charge is -2.20. The van der Waals surface area contributed by atoms with Gasteiger partial charge in [-0.05, 0) is 12.0 Å². The van der Waals surface area contributed by atoms with Gasteiger partial charge in [0.1, 0.15) is 18.4 Å². The minimum Gasteiger partial charge on any atom is -0.489 e. The molecule has 0 aromatic heterocycles. The molecule has 0 heterocycles. The van der Waals surface area contributed by atoms with Crippen molar-refractivity contribution < 1.29 is 14.3 Å². The molecular weight excluding hydrogens is 254 g/mol. The van der Waals surface area contributed by atoms with Gasteiger partial charge in [0.25, 0.3) is 0 Å². The van der Waals surface area contributed by atoms with Gasteiger partial charge in [-0.3, -0.25) is 10.1 Å². The van der Waals surface area contributed by atoms with Crippen LogP contribution in [0, 0.1) is 5.92 Å². The van der Waals surface area contributed by atoms with E-state index in [2.05, 4.69) is 11.9 Å². The second kappa shape index (κ2) is 8.38. The molecule has 4 heteroatoms. The molecule has 0 saturated carbocycles. The van der Waals surface area contributed by atoms with Crippen molar-refractivity contribution in [2.24, 2.45) is 5.92 Å². The van der Waals surface area contributed by atoms with Gasteiger partial charge in [0.05, 0.1) is 7.11 Å². The van der Waals surface area contributed by atoms with Crippen LogP contribution in [0.25, 0.3) is 0 Å². The predicted molar refractivity (Wildman–Crippen MR) is 79.6 cm³/mol. The quantitative estimate of drug-likeness (QED) is 0.586. The summed E-state index contributed by atoms with van der Waals surface area (Å²) in [5, 5.41) is 3.22.